The van der Waals surface area contributed by atoms with Crippen molar-refractivity contribution < 1.29 is 4.52 Å². The van der Waals surface area contributed by atoms with E-state index in [9.17, 15) is 0 Å². The molecule has 1 atom stereocenters. The van der Waals surface area contributed by atoms with Crippen LogP contribution in [0.5, 0.6) is 0 Å². The second-order valence-corrected chi connectivity index (χ2v) is 5.86. The first kappa shape index (κ1) is 10.1. The van der Waals surface area contributed by atoms with Gasteiger partial charge in [-0.25, -0.2) is 0 Å². The van der Waals surface area contributed by atoms with Gasteiger partial charge in [-0.2, -0.15) is 4.98 Å². The minimum absolute atomic E-state index is 0.513. The molecule has 1 aromatic heterocycles. The SMILES string of the molecule is C1CC(c2noc(C3CN4CCC3CC4)n2)C1. The average molecular weight is 233 g/mol. The van der Waals surface area contributed by atoms with Gasteiger partial charge in [0.25, 0.3) is 0 Å². The van der Waals surface area contributed by atoms with Crippen LogP contribution in [0.25, 0.3) is 0 Å². The van der Waals surface area contributed by atoms with E-state index in [0.29, 0.717) is 11.8 Å². The third-order valence-electron chi connectivity index (χ3n) is 4.90. The van der Waals surface area contributed by atoms with E-state index in [1.54, 1.807) is 0 Å². The highest BCUT2D eigenvalue weighted by molar-refractivity contribution is 5.06. The molecule has 1 aromatic rings. The molecule has 17 heavy (non-hydrogen) atoms. The summed E-state index contributed by atoms with van der Waals surface area (Å²) < 4.78 is 5.53. The predicted octanol–water partition coefficient (Wildman–Crippen LogP) is 2.15. The van der Waals surface area contributed by atoms with E-state index in [-0.39, 0.29) is 0 Å². The highest BCUT2D eigenvalue weighted by Gasteiger charge is 2.38. The van der Waals surface area contributed by atoms with Gasteiger partial charge in [-0.15, -0.1) is 0 Å². The van der Waals surface area contributed by atoms with Crippen LogP contribution in [-0.2, 0) is 0 Å². The summed E-state index contributed by atoms with van der Waals surface area (Å²) in [4.78, 5) is 7.21. The second-order valence-electron chi connectivity index (χ2n) is 5.86. The van der Waals surface area contributed by atoms with Gasteiger partial charge >= 0.3 is 0 Å². The molecule has 4 fully saturated rings. The molecule has 5 rings (SSSR count). The lowest BCUT2D eigenvalue weighted by Gasteiger charge is -2.43. The monoisotopic (exact) mass is 233 g/mol. The molecular weight excluding hydrogens is 214 g/mol. The summed E-state index contributed by atoms with van der Waals surface area (Å²) in [7, 11) is 0. The molecule has 3 aliphatic heterocycles. The number of piperidine rings is 3. The number of aromatic nitrogens is 2. The van der Waals surface area contributed by atoms with E-state index < -0.39 is 0 Å². The normalized spacial score (nSPS) is 37.1. The summed E-state index contributed by atoms with van der Waals surface area (Å²) in [6.07, 6.45) is 6.45. The van der Waals surface area contributed by atoms with Gasteiger partial charge in [0.05, 0.1) is 5.92 Å². The van der Waals surface area contributed by atoms with Crippen molar-refractivity contribution in [3.8, 4) is 0 Å². The fourth-order valence-electron chi connectivity index (χ4n) is 3.47. The van der Waals surface area contributed by atoms with Gasteiger partial charge in [0.1, 0.15) is 0 Å². The summed E-state index contributed by atoms with van der Waals surface area (Å²) in [5.74, 6) is 3.78. The Hall–Kier alpha value is -0.900. The first-order chi connectivity index (χ1) is 8.40. The lowest BCUT2D eigenvalue weighted by molar-refractivity contribution is 0.0727. The molecule has 4 heterocycles. The fourth-order valence-corrected chi connectivity index (χ4v) is 3.47. The highest BCUT2D eigenvalue weighted by atomic mass is 16.5. The van der Waals surface area contributed by atoms with Crippen LogP contribution < -0.4 is 0 Å². The van der Waals surface area contributed by atoms with Crippen LogP contribution in [0.15, 0.2) is 4.52 Å². The third-order valence-corrected chi connectivity index (χ3v) is 4.90. The Kier molecular flexibility index (Phi) is 2.25. The Morgan fingerprint density at radius 2 is 1.94 bits per heavy atom. The van der Waals surface area contributed by atoms with E-state index in [0.717, 1.165) is 24.2 Å². The Morgan fingerprint density at radius 3 is 2.53 bits per heavy atom. The molecule has 1 saturated carbocycles. The van der Waals surface area contributed by atoms with Crippen LogP contribution in [0.1, 0.15) is 55.7 Å². The number of rotatable bonds is 2. The zero-order chi connectivity index (χ0) is 11.2. The van der Waals surface area contributed by atoms with Crippen molar-refractivity contribution in [2.45, 2.75) is 43.9 Å². The van der Waals surface area contributed by atoms with E-state index in [1.807, 2.05) is 0 Å². The lowest BCUT2D eigenvalue weighted by atomic mass is 9.79. The molecule has 1 aliphatic carbocycles. The van der Waals surface area contributed by atoms with Crippen molar-refractivity contribution in [1.82, 2.24) is 15.0 Å². The first-order valence-corrected chi connectivity index (χ1v) is 6.96. The Labute approximate surface area is 101 Å². The topological polar surface area (TPSA) is 42.2 Å². The number of fused-ring (bicyclic) bond motifs is 3. The summed E-state index contributed by atoms with van der Waals surface area (Å²) >= 11 is 0. The van der Waals surface area contributed by atoms with Crippen LogP contribution in [0.2, 0.25) is 0 Å². The van der Waals surface area contributed by atoms with Crippen LogP contribution >= 0.6 is 0 Å². The molecule has 0 amide bonds. The lowest BCUT2D eigenvalue weighted by Crippen LogP contribution is -2.46. The maximum absolute atomic E-state index is 5.53. The van der Waals surface area contributed by atoms with Crippen molar-refractivity contribution in [2.24, 2.45) is 5.92 Å². The fraction of sp³-hybridized carbons (Fsp3) is 0.846. The van der Waals surface area contributed by atoms with Gasteiger partial charge in [0.2, 0.25) is 5.89 Å². The number of hydrogen-bond donors (Lipinski definition) is 0. The second kappa shape index (κ2) is 3.80. The van der Waals surface area contributed by atoms with Crippen LogP contribution in [0, 0.1) is 5.92 Å². The summed E-state index contributed by atoms with van der Waals surface area (Å²) in [6, 6.07) is 0. The van der Waals surface area contributed by atoms with E-state index in [4.69, 9.17) is 4.52 Å². The molecule has 0 radical (unpaired) electrons. The molecule has 92 valence electrons. The van der Waals surface area contributed by atoms with E-state index in [1.165, 1.54) is 45.2 Å². The van der Waals surface area contributed by atoms with Gasteiger partial charge in [0, 0.05) is 12.5 Å². The van der Waals surface area contributed by atoms with Gasteiger partial charge < -0.3 is 9.42 Å². The van der Waals surface area contributed by atoms with Crippen LogP contribution in [0.3, 0.4) is 0 Å². The maximum Gasteiger partial charge on any atom is 0.231 e. The Morgan fingerprint density at radius 1 is 1.12 bits per heavy atom. The molecule has 3 saturated heterocycles. The molecule has 4 aliphatic rings. The summed E-state index contributed by atoms with van der Waals surface area (Å²) in [6.45, 7) is 3.67. The van der Waals surface area contributed by atoms with Gasteiger partial charge in [-0.3, -0.25) is 0 Å². The summed E-state index contributed by atoms with van der Waals surface area (Å²) in [5, 5.41) is 4.19. The predicted molar refractivity (Wildman–Crippen MR) is 62.8 cm³/mol. The highest BCUT2D eigenvalue weighted by Crippen LogP contribution is 2.40. The van der Waals surface area contributed by atoms with Gasteiger partial charge in [-0.1, -0.05) is 11.6 Å². The van der Waals surface area contributed by atoms with Crippen molar-refractivity contribution in [3.63, 3.8) is 0 Å². The zero-order valence-corrected chi connectivity index (χ0v) is 10.1. The molecular formula is C13H19N3O. The zero-order valence-electron chi connectivity index (χ0n) is 10.1. The average Bonchev–Trinajstić information content (AvgIpc) is 2.77. The number of nitrogens with zero attached hydrogens (tertiary/aromatic N) is 3. The molecule has 4 heteroatoms. The summed E-state index contributed by atoms with van der Waals surface area (Å²) in [5.41, 5.74) is 0. The standard InChI is InChI=1S/C13H19N3O/c1-2-10(3-1)12-14-13(17-15-12)11-8-16-6-4-9(11)5-7-16/h9-11H,1-8H2. The molecule has 0 N–H and O–H groups in total. The molecule has 2 bridgehead atoms. The molecule has 0 aromatic carbocycles. The van der Waals surface area contributed by atoms with Crippen molar-refractivity contribution >= 4 is 0 Å². The third kappa shape index (κ3) is 1.61. The largest absolute Gasteiger partial charge is 0.339 e. The van der Waals surface area contributed by atoms with E-state index >= 15 is 0 Å². The van der Waals surface area contributed by atoms with Crippen molar-refractivity contribution in [1.29, 1.82) is 0 Å². The maximum atomic E-state index is 5.53. The van der Waals surface area contributed by atoms with Gasteiger partial charge in [-0.05, 0) is 44.7 Å². The Bertz CT molecular complexity index is 405. The minimum Gasteiger partial charge on any atom is -0.339 e. The minimum atomic E-state index is 0.513. The van der Waals surface area contributed by atoms with E-state index in [2.05, 4.69) is 15.0 Å². The number of hydrogen-bond acceptors (Lipinski definition) is 4. The van der Waals surface area contributed by atoms with Crippen molar-refractivity contribution in [2.75, 3.05) is 19.6 Å². The van der Waals surface area contributed by atoms with Gasteiger partial charge in [0.15, 0.2) is 5.82 Å². The smallest absolute Gasteiger partial charge is 0.231 e. The quantitative estimate of drug-likeness (QED) is 0.785. The Balaban J connectivity index is 1.55. The molecule has 1 unspecified atom stereocenters. The molecule has 0 spiro atoms. The van der Waals surface area contributed by atoms with Crippen molar-refractivity contribution in [3.05, 3.63) is 11.7 Å². The van der Waals surface area contributed by atoms with Crippen LogP contribution in [-0.4, -0.2) is 34.7 Å². The van der Waals surface area contributed by atoms with Crippen LogP contribution in [0.4, 0.5) is 0 Å². The molecule has 4 nitrogen and oxygen atoms in total. The first-order valence-electron chi connectivity index (χ1n) is 6.96.